The molecule has 0 spiro atoms. The Morgan fingerprint density at radius 2 is 2.00 bits per heavy atom. The van der Waals surface area contributed by atoms with Gasteiger partial charge in [-0.25, -0.2) is 8.42 Å². The third-order valence-electron chi connectivity index (χ3n) is 4.48. The molecule has 1 aromatic carbocycles. The van der Waals surface area contributed by atoms with E-state index in [2.05, 4.69) is 10.0 Å². The second-order valence-corrected chi connectivity index (χ2v) is 8.72. The zero-order valence-electron chi connectivity index (χ0n) is 16.0. The van der Waals surface area contributed by atoms with Gasteiger partial charge in [-0.3, -0.25) is 14.3 Å². The van der Waals surface area contributed by atoms with Crippen molar-refractivity contribution in [2.24, 2.45) is 5.92 Å². The van der Waals surface area contributed by atoms with Crippen LogP contribution in [0.25, 0.3) is 0 Å². The minimum Gasteiger partial charge on any atom is -0.356 e. The summed E-state index contributed by atoms with van der Waals surface area (Å²) in [4.78, 5) is 26.7. The van der Waals surface area contributed by atoms with Crippen LogP contribution in [0.3, 0.4) is 0 Å². The first-order chi connectivity index (χ1) is 12.9. The number of benzene rings is 1. The molecular weight excluding hydrogens is 366 g/mol. The third kappa shape index (κ3) is 6.23. The lowest BCUT2D eigenvalue weighted by Gasteiger charge is -2.32. The number of hydrogen-bond donors (Lipinski definition) is 2. The molecule has 2 rings (SSSR count). The molecule has 1 aliphatic heterocycles. The fourth-order valence-corrected chi connectivity index (χ4v) is 4.29. The summed E-state index contributed by atoms with van der Waals surface area (Å²) in [5, 5.41) is 2.89. The number of carbonyl (C=O) groups is 2. The predicted molar refractivity (Wildman–Crippen MR) is 106 cm³/mol. The number of carbonyl (C=O) groups excluding carboxylic acids is 2. The normalized spacial score (nSPS) is 17.4. The highest BCUT2D eigenvalue weighted by molar-refractivity contribution is 7.92. The highest BCUT2D eigenvalue weighted by Gasteiger charge is 2.28. The van der Waals surface area contributed by atoms with E-state index in [9.17, 15) is 18.0 Å². The van der Waals surface area contributed by atoms with Gasteiger partial charge in [-0.2, -0.15) is 0 Å². The molecule has 27 heavy (non-hydrogen) atoms. The number of rotatable bonds is 8. The molecule has 2 amide bonds. The molecule has 1 unspecified atom stereocenters. The quantitative estimate of drug-likeness (QED) is 0.705. The maximum absolute atomic E-state index is 12.8. The van der Waals surface area contributed by atoms with E-state index in [4.69, 9.17) is 0 Å². The number of anilines is 1. The molecule has 1 aliphatic rings. The van der Waals surface area contributed by atoms with Crippen LogP contribution in [0.15, 0.2) is 24.3 Å². The van der Waals surface area contributed by atoms with Crippen LogP contribution in [-0.2, 0) is 14.8 Å². The average Bonchev–Trinajstić information content (AvgIpc) is 2.65. The van der Waals surface area contributed by atoms with Crippen LogP contribution in [0.1, 0.15) is 49.9 Å². The molecule has 150 valence electrons. The van der Waals surface area contributed by atoms with Crippen molar-refractivity contribution in [2.45, 2.75) is 39.5 Å². The van der Waals surface area contributed by atoms with Crippen molar-refractivity contribution in [3.05, 3.63) is 29.8 Å². The van der Waals surface area contributed by atoms with E-state index in [0.29, 0.717) is 37.3 Å². The molecule has 0 aliphatic carbocycles. The summed E-state index contributed by atoms with van der Waals surface area (Å²) >= 11 is 0. The number of nitrogens with one attached hydrogen (secondary N) is 2. The van der Waals surface area contributed by atoms with Crippen LogP contribution >= 0.6 is 0 Å². The van der Waals surface area contributed by atoms with Crippen molar-refractivity contribution in [1.29, 1.82) is 0 Å². The fourth-order valence-electron chi connectivity index (χ4n) is 3.17. The molecule has 0 bridgehead atoms. The molecule has 8 heteroatoms. The molecule has 7 nitrogen and oxygen atoms in total. The van der Waals surface area contributed by atoms with E-state index < -0.39 is 10.0 Å². The number of likely N-dealkylation sites (tertiary alicyclic amines) is 1. The Bertz CT molecular complexity index is 764. The number of piperidine rings is 1. The van der Waals surface area contributed by atoms with Gasteiger partial charge in [0.25, 0.3) is 5.91 Å². The van der Waals surface area contributed by atoms with E-state index >= 15 is 0 Å². The zero-order valence-corrected chi connectivity index (χ0v) is 16.8. The van der Waals surface area contributed by atoms with Gasteiger partial charge >= 0.3 is 0 Å². The summed E-state index contributed by atoms with van der Waals surface area (Å²) in [7, 11) is -3.41. The monoisotopic (exact) mass is 395 g/mol. The van der Waals surface area contributed by atoms with Crippen LogP contribution in [0.5, 0.6) is 0 Å². The highest BCUT2D eigenvalue weighted by Crippen LogP contribution is 2.20. The van der Waals surface area contributed by atoms with Gasteiger partial charge in [-0.15, -0.1) is 0 Å². The number of sulfonamides is 1. The predicted octanol–water partition coefficient (Wildman–Crippen LogP) is 2.22. The summed E-state index contributed by atoms with van der Waals surface area (Å²) in [6.07, 6.45) is 2.94. The summed E-state index contributed by atoms with van der Waals surface area (Å²) in [6.45, 7) is 5.42. The maximum atomic E-state index is 12.8. The van der Waals surface area contributed by atoms with E-state index in [1.165, 1.54) is 0 Å². The minimum atomic E-state index is -3.41. The van der Waals surface area contributed by atoms with Gasteiger partial charge in [0.05, 0.1) is 11.7 Å². The van der Waals surface area contributed by atoms with Crippen LogP contribution in [0.2, 0.25) is 0 Å². The van der Waals surface area contributed by atoms with Crippen molar-refractivity contribution in [2.75, 3.05) is 30.1 Å². The molecule has 0 saturated carbocycles. The lowest BCUT2D eigenvalue weighted by Crippen LogP contribution is -2.45. The van der Waals surface area contributed by atoms with Crippen LogP contribution in [-0.4, -0.2) is 50.5 Å². The summed E-state index contributed by atoms with van der Waals surface area (Å²) < 4.78 is 26.4. The van der Waals surface area contributed by atoms with Crippen LogP contribution < -0.4 is 10.0 Å². The Morgan fingerprint density at radius 1 is 1.22 bits per heavy atom. The van der Waals surface area contributed by atoms with Gasteiger partial charge in [0, 0.05) is 30.9 Å². The van der Waals surface area contributed by atoms with Crippen molar-refractivity contribution in [3.63, 3.8) is 0 Å². The van der Waals surface area contributed by atoms with Gasteiger partial charge in [0.15, 0.2) is 0 Å². The lowest BCUT2D eigenvalue weighted by molar-refractivity contribution is -0.126. The highest BCUT2D eigenvalue weighted by atomic mass is 32.2. The van der Waals surface area contributed by atoms with Gasteiger partial charge in [-0.1, -0.05) is 19.9 Å². The van der Waals surface area contributed by atoms with Gasteiger partial charge in [0.2, 0.25) is 15.9 Å². The Hall–Kier alpha value is -2.09. The number of nitrogens with zero attached hydrogens (tertiary/aromatic N) is 1. The molecule has 2 N–H and O–H groups in total. The SMILES string of the molecule is CCCNC(=O)C1CCCN(C(=O)c2cccc(NS(=O)(=O)CCC)c2)C1. The molecule has 0 radical (unpaired) electrons. The smallest absolute Gasteiger partial charge is 0.253 e. The Kier molecular flexibility index (Phi) is 7.65. The third-order valence-corrected chi connectivity index (χ3v) is 5.98. The lowest BCUT2D eigenvalue weighted by atomic mass is 9.96. The van der Waals surface area contributed by atoms with E-state index in [1.54, 1.807) is 36.1 Å². The maximum Gasteiger partial charge on any atom is 0.253 e. The second-order valence-electron chi connectivity index (χ2n) is 6.88. The van der Waals surface area contributed by atoms with E-state index in [-0.39, 0.29) is 23.5 Å². The molecule has 1 fully saturated rings. The molecule has 1 atom stereocenters. The minimum absolute atomic E-state index is 0.00423. The Morgan fingerprint density at radius 3 is 2.70 bits per heavy atom. The molecule has 1 aromatic rings. The van der Waals surface area contributed by atoms with Crippen LogP contribution in [0, 0.1) is 5.92 Å². The standard InChI is InChI=1S/C19H29N3O4S/c1-3-10-20-18(23)16-8-6-11-22(14-16)19(24)15-7-5-9-17(13-15)21-27(25,26)12-4-2/h5,7,9,13,16,21H,3-4,6,8,10-12,14H2,1-2H3,(H,20,23). The number of amides is 2. The fraction of sp³-hybridized carbons (Fsp3) is 0.579. The Balaban J connectivity index is 2.06. The van der Waals surface area contributed by atoms with Crippen LogP contribution in [0.4, 0.5) is 5.69 Å². The largest absolute Gasteiger partial charge is 0.356 e. The summed E-state index contributed by atoms with van der Waals surface area (Å²) in [5.41, 5.74) is 0.796. The van der Waals surface area contributed by atoms with Crippen molar-refractivity contribution in [3.8, 4) is 0 Å². The van der Waals surface area contributed by atoms with Crippen molar-refractivity contribution in [1.82, 2.24) is 10.2 Å². The topological polar surface area (TPSA) is 95.6 Å². The summed E-state index contributed by atoms with van der Waals surface area (Å²) in [5.74, 6) is -0.346. The first-order valence-electron chi connectivity index (χ1n) is 9.53. The molecule has 1 saturated heterocycles. The molecule has 1 heterocycles. The first-order valence-corrected chi connectivity index (χ1v) is 11.2. The van der Waals surface area contributed by atoms with Crippen molar-refractivity contribution >= 4 is 27.5 Å². The first kappa shape index (κ1) is 21.2. The molecule has 0 aromatic heterocycles. The van der Waals surface area contributed by atoms with Gasteiger partial charge in [0.1, 0.15) is 0 Å². The van der Waals surface area contributed by atoms with E-state index in [0.717, 1.165) is 19.3 Å². The average molecular weight is 396 g/mol. The second kappa shape index (κ2) is 9.73. The van der Waals surface area contributed by atoms with Gasteiger partial charge < -0.3 is 10.2 Å². The van der Waals surface area contributed by atoms with E-state index in [1.807, 2.05) is 6.92 Å². The number of hydrogen-bond acceptors (Lipinski definition) is 4. The van der Waals surface area contributed by atoms with Crippen molar-refractivity contribution < 1.29 is 18.0 Å². The zero-order chi connectivity index (χ0) is 19.9. The van der Waals surface area contributed by atoms with Gasteiger partial charge in [-0.05, 0) is 43.9 Å². The summed E-state index contributed by atoms with van der Waals surface area (Å²) in [6, 6.07) is 6.50. The molecular formula is C19H29N3O4S. The Labute approximate surface area is 161 Å².